The Morgan fingerprint density at radius 2 is 1.95 bits per heavy atom. The molecule has 0 amide bonds. The van der Waals surface area contributed by atoms with Gasteiger partial charge in [-0.15, -0.1) is 0 Å². The van der Waals surface area contributed by atoms with Crippen LogP contribution in [0.15, 0.2) is 24.3 Å². The molecule has 0 aliphatic carbocycles. The highest BCUT2D eigenvalue weighted by molar-refractivity contribution is 5.30. The van der Waals surface area contributed by atoms with Crippen molar-refractivity contribution in [2.45, 2.75) is 46.3 Å². The Hall–Kier alpha value is -1.06. The molecule has 0 aromatic heterocycles. The van der Waals surface area contributed by atoms with E-state index >= 15 is 0 Å². The van der Waals surface area contributed by atoms with Crippen LogP contribution >= 0.6 is 0 Å². The molecule has 0 spiro atoms. The molecule has 1 N–H and O–H groups in total. The quantitative estimate of drug-likeness (QED) is 0.746. The minimum Gasteiger partial charge on any atom is -0.497 e. The van der Waals surface area contributed by atoms with Gasteiger partial charge in [0.05, 0.1) is 19.3 Å². The summed E-state index contributed by atoms with van der Waals surface area (Å²) in [6.45, 7) is 10.5. The van der Waals surface area contributed by atoms with Crippen LogP contribution in [-0.4, -0.2) is 26.3 Å². The first-order valence-electron chi connectivity index (χ1n) is 7.56. The fourth-order valence-electron chi connectivity index (χ4n) is 2.36. The number of methoxy groups -OCH3 is 1. The van der Waals surface area contributed by atoms with Crippen LogP contribution in [0.1, 0.15) is 45.8 Å². The van der Waals surface area contributed by atoms with Gasteiger partial charge in [-0.05, 0) is 43.5 Å². The van der Waals surface area contributed by atoms with Crippen molar-refractivity contribution in [1.82, 2.24) is 5.32 Å². The SMILES string of the molecule is CCNCC(OC(C)CC(C)C)c1cccc(OC)c1. The van der Waals surface area contributed by atoms with Crippen LogP contribution in [0.25, 0.3) is 0 Å². The van der Waals surface area contributed by atoms with Gasteiger partial charge in [0.25, 0.3) is 0 Å². The highest BCUT2D eigenvalue weighted by Gasteiger charge is 2.16. The van der Waals surface area contributed by atoms with E-state index in [9.17, 15) is 0 Å². The Morgan fingerprint density at radius 3 is 2.55 bits per heavy atom. The summed E-state index contributed by atoms with van der Waals surface area (Å²) in [7, 11) is 1.70. The zero-order chi connectivity index (χ0) is 15.0. The maximum absolute atomic E-state index is 6.23. The molecule has 0 saturated carbocycles. The van der Waals surface area contributed by atoms with Crippen molar-refractivity contribution in [3.05, 3.63) is 29.8 Å². The topological polar surface area (TPSA) is 30.5 Å². The van der Waals surface area contributed by atoms with Crippen LogP contribution in [0.3, 0.4) is 0 Å². The molecule has 0 saturated heterocycles. The maximum atomic E-state index is 6.23. The van der Waals surface area contributed by atoms with Crippen LogP contribution in [0.4, 0.5) is 0 Å². The zero-order valence-corrected chi connectivity index (χ0v) is 13.5. The van der Waals surface area contributed by atoms with Gasteiger partial charge in [-0.25, -0.2) is 0 Å². The first-order valence-corrected chi connectivity index (χ1v) is 7.56. The summed E-state index contributed by atoms with van der Waals surface area (Å²) in [5.74, 6) is 1.53. The van der Waals surface area contributed by atoms with Crippen LogP contribution in [-0.2, 0) is 4.74 Å². The molecule has 0 aliphatic rings. The maximum Gasteiger partial charge on any atom is 0.119 e. The molecule has 0 bridgehead atoms. The predicted octanol–water partition coefficient (Wildman–Crippen LogP) is 3.80. The summed E-state index contributed by atoms with van der Waals surface area (Å²) in [4.78, 5) is 0. The van der Waals surface area contributed by atoms with E-state index in [-0.39, 0.29) is 12.2 Å². The molecule has 0 heterocycles. The first kappa shape index (κ1) is 17.0. The van der Waals surface area contributed by atoms with E-state index in [0.29, 0.717) is 5.92 Å². The van der Waals surface area contributed by atoms with Gasteiger partial charge in [0.1, 0.15) is 5.75 Å². The van der Waals surface area contributed by atoms with E-state index in [2.05, 4.69) is 45.1 Å². The number of hydrogen-bond acceptors (Lipinski definition) is 3. The van der Waals surface area contributed by atoms with Gasteiger partial charge in [0.15, 0.2) is 0 Å². The number of rotatable bonds is 9. The van der Waals surface area contributed by atoms with Gasteiger partial charge in [-0.1, -0.05) is 32.9 Å². The van der Waals surface area contributed by atoms with Gasteiger partial charge in [-0.3, -0.25) is 0 Å². The minimum absolute atomic E-state index is 0.0683. The molecule has 20 heavy (non-hydrogen) atoms. The Morgan fingerprint density at radius 1 is 1.20 bits per heavy atom. The third-order valence-electron chi connectivity index (χ3n) is 3.25. The molecule has 2 unspecified atom stereocenters. The third-order valence-corrected chi connectivity index (χ3v) is 3.25. The number of likely N-dealkylation sites (N-methyl/N-ethyl adjacent to an activating group) is 1. The summed E-state index contributed by atoms with van der Waals surface area (Å²) in [5, 5.41) is 3.38. The van der Waals surface area contributed by atoms with Gasteiger partial charge in [0, 0.05) is 6.54 Å². The van der Waals surface area contributed by atoms with Crippen LogP contribution in [0.2, 0.25) is 0 Å². The average molecular weight is 279 g/mol. The van der Waals surface area contributed by atoms with Gasteiger partial charge >= 0.3 is 0 Å². The van der Waals surface area contributed by atoms with E-state index in [4.69, 9.17) is 9.47 Å². The highest BCUT2D eigenvalue weighted by Crippen LogP contribution is 2.24. The summed E-state index contributed by atoms with van der Waals surface area (Å²) in [6.07, 6.45) is 1.40. The smallest absolute Gasteiger partial charge is 0.119 e. The molecule has 1 aromatic carbocycles. The summed E-state index contributed by atoms with van der Waals surface area (Å²) < 4.78 is 11.5. The second kappa shape index (κ2) is 8.98. The molecule has 2 atom stereocenters. The Kier molecular flexibility index (Phi) is 7.63. The molecule has 0 fully saturated rings. The Bertz CT molecular complexity index is 379. The lowest BCUT2D eigenvalue weighted by molar-refractivity contribution is -0.0124. The molecule has 1 rings (SSSR count). The fraction of sp³-hybridized carbons (Fsp3) is 0.647. The predicted molar refractivity (Wildman–Crippen MR) is 84.3 cm³/mol. The summed E-state index contributed by atoms with van der Waals surface area (Å²) in [5.41, 5.74) is 1.17. The average Bonchev–Trinajstić information content (AvgIpc) is 2.42. The molecular weight excluding hydrogens is 250 g/mol. The van der Waals surface area contributed by atoms with Crippen molar-refractivity contribution >= 4 is 0 Å². The van der Waals surface area contributed by atoms with Gasteiger partial charge < -0.3 is 14.8 Å². The molecule has 0 radical (unpaired) electrons. The standard InChI is InChI=1S/C17H29NO2/c1-6-18-12-17(20-14(4)10-13(2)3)15-8-7-9-16(11-15)19-5/h7-9,11,13-14,17-18H,6,10,12H2,1-5H3. The van der Waals surface area contributed by atoms with Crippen molar-refractivity contribution in [2.75, 3.05) is 20.2 Å². The van der Waals surface area contributed by atoms with E-state index in [1.807, 2.05) is 12.1 Å². The first-order chi connectivity index (χ1) is 9.56. The van der Waals surface area contributed by atoms with Crippen molar-refractivity contribution in [3.8, 4) is 5.75 Å². The normalized spacial score (nSPS) is 14.3. The van der Waals surface area contributed by atoms with Crippen molar-refractivity contribution in [1.29, 1.82) is 0 Å². The summed E-state index contributed by atoms with van der Waals surface area (Å²) >= 11 is 0. The van der Waals surface area contributed by atoms with Gasteiger partial charge in [-0.2, -0.15) is 0 Å². The third kappa shape index (κ3) is 5.93. The van der Waals surface area contributed by atoms with Gasteiger partial charge in [0.2, 0.25) is 0 Å². The Balaban J connectivity index is 2.76. The fourth-order valence-corrected chi connectivity index (χ4v) is 2.36. The minimum atomic E-state index is 0.0683. The number of nitrogens with one attached hydrogen (secondary N) is 1. The second-order valence-electron chi connectivity index (χ2n) is 5.65. The van der Waals surface area contributed by atoms with E-state index in [1.165, 1.54) is 5.56 Å². The second-order valence-corrected chi connectivity index (χ2v) is 5.65. The molecular formula is C17H29NO2. The summed E-state index contributed by atoms with van der Waals surface area (Å²) in [6, 6.07) is 8.14. The van der Waals surface area contributed by atoms with E-state index in [0.717, 1.165) is 25.3 Å². The largest absolute Gasteiger partial charge is 0.497 e. The molecule has 3 heteroatoms. The lowest BCUT2D eigenvalue weighted by Crippen LogP contribution is -2.26. The van der Waals surface area contributed by atoms with Crippen molar-refractivity contribution in [2.24, 2.45) is 5.92 Å². The van der Waals surface area contributed by atoms with Crippen LogP contribution in [0, 0.1) is 5.92 Å². The van der Waals surface area contributed by atoms with E-state index < -0.39 is 0 Å². The molecule has 0 aliphatic heterocycles. The molecule has 114 valence electrons. The lowest BCUT2D eigenvalue weighted by Gasteiger charge is -2.24. The van der Waals surface area contributed by atoms with Crippen LogP contribution in [0.5, 0.6) is 5.75 Å². The monoisotopic (exact) mass is 279 g/mol. The number of benzene rings is 1. The molecule has 1 aromatic rings. The lowest BCUT2D eigenvalue weighted by atomic mass is 10.1. The number of hydrogen-bond donors (Lipinski definition) is 1. The highest BCUT2D eigenvalue weighted by atomic mass is 16.5. The Labute approximate surface area is 123 Å². The van der Waals surface area contributed by atoms with Crippen molar-refractivity contribution in [3.63, 3.8) is 0 Å². The zero-order valence-electron chi connectivity index (χ0n) is 13.5. The number of ether oxygens (including phenoxy) is 2. The van der Waals surface area contributed by atoms with Crippen LogP contribution < -0.4 is 10.1 Å². The molecule has 3 nitrogen and oxygen atoms in total. The van der Waals surface area contributed by atoms with E-state index in [1.54, 1.807) is 7.11 Å². The van der Waals surface area contributed by atoms with Crippen molar-refractivity contribution < 1.29 is 9.47 Å².